The first-order chi connectivity index (χ1) is 9.86. The molecule has 0 bridgehead atoms. The highest BCUT2D eigenvalue weighted by Gasteiger charge is 2.19. The van der Waals surface area contributed by atoms with Crippen LogP contribution >= 0.6 is 23.2 Å². The van der Waals surface area contributed by atoms with Gasteiger partial charge < -0.3 is 5.11 Å². The van der Waals surface area contributed by atoms with Crippen molar-refractivity contribution >= 4 is 29.2 Å². The van der Waals surface area contributed by atoms with Gasteiger partial charge in [-0.2, -0.15) is 5.10 Å². The lowest BCUT2D eigenvalue weighted by Gasteiger charge is -2.14. The van der Waals surface area contributed by atoms with Crippen LogP contribution in [0.2, 0.25) is 10.0 Å². The fourth-order valence-corrected chi connectivity index (χ4v) is 2.90. The average Bonchev–Trinajstić information content (AvgIpc) is 2.84. The summed E-state index contributed by atoms with van der Waals surface area (Å²) in [6, 6.07) is 5.09. The molecule has 0 fully saturated rings. The number of aromatic nitrogens is 2. The lowest BCUT2D eigenvalue weighted by Crippen LogP contribution is -2.06. The van der Waals surface area contributed by atoms with E-state index in [2.05, 4.69) is 5.10 Å². The third kappa shape index (κ3) is 2.92. The van der Waals surface area contributed by atoms with E-state index < -0.39 is 5.97 Å². The van der Waals surface area contributed by atoms with E-state index in [0.717, 1.165) is 11.3 Å². The van der Waals surface area contributed by atoms with Crippen LogP contribution < -0.4 is 0 Å². The molecule has 1 N–H and O–H groups in total. The molecule has 0 amide bonds. The van der Waals surface area contributed by atoms with Crippen molar-refractivity contribution in [3.05, 3.63) is 45.2 Å². The zero-order chi connectivity index (χ0) is 15.7. The summed E-state index contributed by atoms with van der Waals surface area (Å²) in [5.41, 5.74) is 2.27. The summed E-state index contributed by atoms with van der Waals surface area (Å²) < 4.78 is 1.59. The number of benzene rings is 1. The van der Waals surface area contributed by atoms with Gasteiger partial charge in [-0.3, -0.25) is 0 Å². The Kier molecular flexibility index (Phi) is 4.59. The fourth-order valence-electron chi connectivity index (χ4n) is 2.18. The quantitative estimate of drug-likeness (QED) is 0.895. The maximum Gasteiger partial charge on any atom is 0.356 e. The van der Waals surface area contributed by atoms with Gasteiger partial charge in [0.15, 0.2) is 5.69 Å². The van der Waals surface area contributed by atoms with Gasteiger partial charge in [0.1, 0.15) is 0 Å². The number of rotatable bonds is 4. The number of halogens is 2. The number of aromatic carboxylic acids is 1. The molecule has 4 nitrogen and oxygen atoms in total. The Morgan fingerprint density at radius 3 is 2.57 bits per heavy atom. The molecule has 0 saturated carbocycles. The monoisotopic (exact) mass is 326 g/mol. The van der Waals surface area contributed by atoms with Crippen LogP contribution in [0.3, 0.4) is 0 Å². The first-order valence-corrected chi connectivity index (χ1v) is 7.42. The smallest absolute Gasteiger partial charge is 0.356 e. The van der Waals surface area contributed by atoms with E-state index in [1.165, 1.54) is 0 Å². The molecule has 0 radical (unpaired) electrons. The molecule has 0 atom stereocenters. The van der Waals surface area contributed by atoms with Crippen molar-refractivity contribution in [1.29, 1.82) is 0 Å². The van der Waals surface area contributed by atoms with Gasteiger partial charge in [0.05, 0.1) is 10.7 Å². The fraction of sp³-hybridized carbons (Fsp3) is 0.333. The molecule has 0 aliphatic heterocycles. The van der Waals surface area contributed by atoms with Gasteiger partial charge in [0.25, 0.3) is 0 Å². The van der Waals surface area contributed by atoms with Crippen molar-refractivity contribution in [2.75, 3.05) is 0 Å². The van der Waals surface area contributed by atoms with E-state index in [1.54, 1.807) is 22.9 Å². The molecule has 1 aromatic carbocycles. The maximum absolute atomic E-state index is 11.2. The van der Waals surface area contributed by atoms with Crippen LogP contribution in [-0.4, -0.2) is 20.9 Å². The van der Waals surface area contributed by atoms with E-state index >= 15 is 0 Å². The second-order valence-corrected chi connectivity index (χ2v) is 5.82. The molecule has 1 heterocycles. The normalized spacial score (nSPS) is 11.1. The minimum atomic E-state index is -1.06. The molecule has 2 aromatic rings. The van der Waals surface area contributed by atoms with Gasteiger partial charge in [-0.05, 0) is 36.1 Å². The summed E-state index contributed by atoms with van der Waals surface area (Å²) in [6.45, 7) is 5.92. The van der Waals surface area contributed by atoms with Crippen LogP contribution in [0.1, 0.15) is 48.4 Å². The SMILES string of the molecule is CCc1c(Cl)ccc(-n2nc(C(=O)O)cc2C(C)C)c1Cl. The zero-order valence-corrected chi connectivity index (χ0v) is 13.5. The summed E-state index contributed by atoms with van der Waals surface area (Å²) >= 11 is 12.6. The van der Waals surface area contributed by atoms with Gasteiger partial charge in [0, 0.05) is 10.7 Å². The topological polar surface area (TPSA) is 55.1 Å². The Bertz CT molecular complexity index is 693. The Balaban J connectivity index is 2.69. The van der Waals surface area contributed by atoms with Crippen LogP contribution in [0.5, 0.6) is 0 Å². The Morgan fingerprint density at radius 2 is 2.05 bits per heavy atom. The summed E-state index contributed by atoms with van der Waals surface area (Å²) in [5, 5.41) is 14.4. The highest BCUT2D eigenvalue weighted by atomic mass is 35.5. The third-order valence-electron chi connectivity index (χ3n) is 3.29. The van der Waals surface area contributed by atoms with Gasteiger partial charge >= 0.3 is 5.97 Å². The minimum absolute atomic E-state index is 0.00256. The molecule has 0 spiro atoms. The van der Waals surface area contributed by atoms with Crippen molar-refractivity contribution in [2.24, 2.45) is 0 Å². The molecule has 21 heavy (non-hydrogen) atoms. The van der Waals surface area contributed by atoms with Crippen LogP contribution in [0, 0.1) is 0 Å². The Morgan fingerprint density at radius 1 is 1.38 bits per heavy atom. The van der Waals surface area contributed by atoms with Crippen LogP contribution in [-0.2, 0) is 6.42 Å². The van der Waals surface area contributed by atoms with Gasteiger partial charge in [-0.1, -0.05) is 44.0 Å². The number of hydrogen-bond acceptors (Lipinski definition) is 2. The number of carboxylic acid groups (broad SMARTS) is 1. The van der Waals surface area contributed by atoms with Crippen LogP contribution in [0.4, 0.5) is 0 Å². The molecule has 1 aromatic heterocycles. The predicted molar refractivity (Wildman–Crippen MR) is 84.0 cm³/mol. The number of hydrogen-bond donors (Lipinski definition) is 1. The molecule has 6 heteroatoms. The van der Waals surface area contributed by atoms with Crippen molar-refractivity contribution in [3.8, 4) is 5.69 Å². The van der Waals surface area contributed by atoms with Crippen LogP contribution in [0.15, 0.2) is 18.2 Å². The second-order valence-electron chi connectivity index (χ2n) is 5.04. The van der Waals surface area contributed by atoms with E-state index in [9.17, 15) is 4.79 Å². The van der Waals surface area contributed by atoms with Crippen molar-refractivity contribution in [3.63, 3.8) is 0 Å². The summed E-state index contributed by atoms with van der Waals surface area (Å²) in [4.78, 5) is 11.2. The molecular formula is C15H16Cl2N2O2. The highest BCUT2D eigenvalue weighted by molar-refractivity contribution is 6.37. The summed E-state index contributed by atoms with van der Waals surface area (Å²) in [7, 11) is 0. The standard InChI is InChI=1S/C15H16Cl2N2O2/c1-4-9-10(16)5-6-12(14(9)17)19-13(8(2)3)7-11(18-19)15(20)21/h5-8H,4H2,1-3H3,(H,20,21). The van der Waals surface area contributed by atoms with Gasteiger partial charge in [0.2, 0.25) is 0 Å². The minimum Gasteiger partial charge on any atom is -0.476 e. The number of carboxylic acids is 1. The number of nitrogens with zero attached hydrogens (tertiary/aromatic N) is 2. The zero-order valence-electron chi connectivity index (χ0n) is 12.0. The van der Waals surface area contributed by atoms with E-state index in [-0.39, 0.29) is 11.6 Å². The molecule has 0 saturated heterocycles. The van der Waals surface area contributed by atoms with Crippen molar-refractivity contribution in [1.82, 2.24) is 9.78 Å². The first kappa shape index (κ1) is 15.9. The summed E-state index contributed by atoms with van der Waals surface area (Å²) in [5.74, 6) is -0.945. The predicted octanol–water partition coefficient (Wildman–Crippen LogP) is 4.56. The number of carbonyl (C=O) groups is 1. The van der Waals surface area contributed by atoms with E-state index in [1.807, 2.05) is 20.8 Å². The van der Waals surface area contributed by atoms with E-state index in [0.29, 0.717) is 22.2 Å². The lowest BCUT2D eigenvalue weighted by molar-refractivity contribution is 0.0690. The third-order valence-corrected chi connectivity index (χ3v) is 4.07. The van der Waals surface area contributed by atoms with Crippen molar-refractivity contribution in [2.45, 2.75) is 33.1 Å². The summed E-state index contributed by atoms with van der Waals surface area (Å²) in [6.07, 6.45) is 0.690. The average molecular weight is 327 g/mol. The van der Waals surface area contributed by atoms with E-state index in [4.69, 9.17) is 28.3 Å². The molecular weight excluding hydrogens is 311 g/mol. The first-order valence-electron chi connectivity index (χ1n) is 6.67. The maximum atomic E-state index is 11.2. The molecule has 2 rings (SSSR count). The molecule has 0 aliphatic rings. The Hall–Kier alpha value is -1.52. The lowest BCUT2D eigenvalue weighted by atomic mass is 10.1. The molecule has 0 unspecified atom stereocenters. The van der Waals surface area contributed by atoms with Gasteiger partial charge in [-0.15, -0.1) is 0 Å². The van der Waals surface area contributed by atoms with Crippen molar-refractivity contribution < 1.29 is 9.90 Å². The Labute approximate surface area is 133 Å². The molecule has 0 aliphatic carbocycles. The highest BCUT2D eigenvalue weighted by Crippen LogP contribution is 2.32. The largest absolute Gasteiger partial charge is 0.476 e. The molecule has 112 valence electrons. The van der Waals surface area contributed by atoms with Crippen LogP contribution in [0.25, 0.3) is 5.69 Å². The second kappa shape index (κ2) is 6.08. The van der Waals surface area contributed by atoms with Gasteiger partial charge in [-0.25, -0.2) is 9.48 Å².